The standard InChI is InChI=1S/C9H10BrF2NO2/c10-6-3-1-2-5(7(6)15)8(13)9(11,12)4-14/h1-3,8,14-15H,4,13H2/t8-/m0/s1. The van der Waals surface area contributed by atoms with E-state index in [1.54, 1.807) is 0 Å². The van der Waals surface area contributed by atoms with E-state index in [0.717, 1.165) is 0 Å². The lowest BCUT2D eigenvalue weighted by Gasteiger charge is -2.22. The highest BCUT2D eigenvalue weighted by Crippen LogP contribution is 2.37. The Morgan fingerprint density at radius 2 is 2.07 bits per heavy atom. The minimum atomic E-state index is -3.46. The summed E-state index contributed by atoms with van der Waals surface area (Å²) in [6.07, 6.45) is 0. The molecule has 0 saturated heterocycles. The Morgan fingerprint density at radius 1 is 1.47 bits per heavy atom. The van der Waals surface area contributed by atoms with Gasteiger partial charge in [-0.2, -0.15) is 0 Å². The van der Waals surface area contributed by atoms with E-state index < -0.39 is 18.6 Å². The van der Waals surface area contributed by atoms with Crippen LogP contribution in [0, 0.1) is 0 Å². The number of aliphatic hydroxyl groups is 1. The van der Waals surface area contributed by atoms with E-state index in [4.69, 9.17) is 10.8 Å². The largest absolute Gasteiger partial charge is 0.506 e. The third kappa shape index (κ3) is 2.45. The topological polar surface area (TPSA) is 66.5 Å². The van der Waals surface area contributed by atoms with Crippen molar-refractivity contribution in [3.63, 3.8) is 0 Å². The van der Waals surface area contributed by atoms with Gasteiger partial charge >= 0.3 is 0 Å². The highest BCUT2D eigenvalue weighted by molar-refractivity contribution is 9.10. The van der Waals surface area contributed by atoms with Gasteiger partial charge in [-0.3, -0.25) is 0 Å². The molecular weight excluding hydrogens is 272 g/mol. The van der Waals surface area contributed by atoms with Crippen molar-refractivity contribution in [2.75, 3.05) is 6.61 Å². The number of alkyl halides is 2. The van der Waals surface area contributed by atoms with Crippen molar-refractivity contribution in [3.8, 4) is 5.75 Å². The maximum atomic E-state index is 13.0. The smallest absolute Gasteiger partial charge is 0.289 e. The SMILES string of the molecule is N[C@@H](c1cccc(Br)c1O)C(F)(F)CO. The predicted octanol–water partition coefficient (Wildman–Crippen LogP) is 1.78. The van der Waals surface area contributed by atoms with Crippen molar-refractivity contribution in [2.45, 2.75) is 12.0 Å². The van der Waals surface area contributed by atoms with E-state index >= 15 is 0 Å². The number of rotatable bonds is 3. The highest BCUT2D eigenvalue weighted by atomic mass is 79.9. The van der Waals surface area contributed by atoms with Crippen LogP contribution in [0.1, 0.15) is 11.6 Å². The van der Waals surface area contributed by atoms with Crippen molar-refractivity contribution in [3.05, 3.63) is 28.2 Å². The molecule has 0 heterocycles. The molecule has 1 aromatic rings. The van der Waals surface area contributed by atoms with Crippen LogP contribution in [0.25, 0.3) is 0 Å². The first-order chi connectivity index (χ1) is 6.90. The van der Waals surface area contributed by atoms with Gasteiger partial charge in [-0.05, 0) is 22.0 Å². The number of aliphatic hydroxyl groups excluding tert-OH is 1. The van der Waals surface area contributed by atoms with Gasteiger partial charge < -0.3 is 15.9 Å². The molecule has 6 heteroatoms. The van der Waals surface area contributed by atoms with Gasteiger partial charge in [0, 0.05) is 5.56 Å². The van der Waals surface area contributed by atoms with Gasteiger partial charge in [0.05, 0.1) is 4.47 Å². The fourth-order valence-corrected chi connectivity index (χ4v) is 1.49. The molecular formula is C9H10BrF2NO2. The normalized spacial score (nSPS) is 13.9. The number of hydrogen-bond acceptors (Lipinski definition) is 3. The van der Waals surface area contributed by atoms with Gasteiger partial charge in [0.15, 0.2) is 0 Å². The molecule has 0 aliphatic carbocycles. The second-order valence-electron chi connectivity index (χ2n) is 3.07. The van der Waals surface area contributed by atoms with E-state index in [-0.39, 0.29) is 15.8 Å². The van der Waals surface area contributed by atoms with Gasteiger partial charge in [-0.15, -0.1) is 0 Å². The van der Waals surface area contributed by atoms with Crippen LogP contribution in [0.3, 0.4) is 0 Å². The monoisotopic (exact) mass is 281 g/mol. The number of phenolic OH excluding ortho intramolecular Hbond substituents is 1. The number of benzene rings is 1. The number of phenols is 1. The summed E-state index contributed by atoms with van der Waals surface area (Å²) in [5.74, 6) is -3.80. The van der Waals surface area contributed by atoms with E-state index in [1.165, 1.54) is 18.2 Å². The summed E-state index contributed by atoms with van der Waals surface area (Å²) >= 11 is 2.99. The fourth-order valence-electron chi connectivity index (χ4n) is 1.11. The lowest BCUT2D eigenvalue weighted by Crippen LogP contribution is -2.36. The zero-order valence-electron chi connectivity index (χ0n) is 7.62. The van der Waals surface area contributed by atoms with Gasteiger partial charge in [0.25, 0.3) is 5.92 Å². The maximum absolute atomic E-state index is 13.0. The lowest BCUT2D eigenvalue weighted by atomic mass is 10.0. The molecule has 0 aliphatic heterocycles. The minimum Gasteiger partial charge on any atom is -0.506 e. The third-order valence-electron chi connectivity index (χ3n) is 2.02. The molecule has 0 bridgehead atoms. The predicted molar refractivity (Wildman–Crippen MR) is 54.8 cm³/mol. The third-order valence-corrected chi connectivity index (χ3v) is 2.66. The van der Waals surface area contributed by atoms with Crippen molar-refractivity contribution in [1.29, 1.82) is 0 Å². The molecule has 15 heavy (non-hydrogen) atoms. The Bertz CT molecular complexity index is 360. The van der Waals surface area contributed by atoms with Crippen LogP contribution >= 0.6 is 15.9 Å². The van der Waals surface area contributed by atoms with Crippen LogP contribution in [-0.2, 0) is 0 Å². The first-order valence-corrected chi connectivity index (χ1v) is 4.91. The summed E-state index contributed by atoms with van der Waals surface area (Å²) in [6.45, 7) is -1.36. The molecule has 1 aromatic carbocycles. The number of aromatic hydroxyl groups is 1. The summed E-state index contributed by atoms with van der Waals surface area (Å²) < 4.78 is 26.4. The number of hydrogen-bond donors (Lipinski definition) is 3. The van der Waals surface area contributed by atoms with Crippen molar-refractivity contribution in [1.82, 2.24) is 0 Å². The highest BCUT2D eigenvalue weighted by Gasteiger charge is 2.38. The molecule has 0 radical (unpaired) electrons. The molecule has 0 spiro atoms. The van der Waals surface area contributed by atoms with E-state index in [9.17, 15) is 13.9 Å². The van der Waals surface area contributed by atoms with Crippen LogP contribution in [0.2, 0.25) is 0 Å². The van der Waals surface area contributed by atoms with E-state index in [1.807, 2.05) is 0 Å². The molecule has 0 aromatic heterocycles. The maximum Gasteiger partial charge on any atom is 0.289 e. The Balaban J connectivity index is 3.12. The van der Waals surface area contributed by atoms with Gasteiger partial charge in [0.1, 0.15) is 18.4 Å². The summed E-state index contributed by atoms with van der Waals surface area (Å²) in [4.78, 5) is 0. The Kier molecular flexibility index (Phi) is 3.64. The van der Waals surface area contributed by atoms with E-state index in [2.05, 4.69) is 15.9 Å². The summed E-state index contributed by atoms with van der Waals surface area (Å²) in [5, 5.41) is 17.9. The van der Waals surface area contributed by atoms with Crippen molar-refractivity contribution in [2.24, 2.45) is 5.73 Å². The molecule has 0 fully saturated rings. The van der Waals surface area contributed by atoms with Gasteiger partial charge in [-0.1, -0.05) is 12.1 Å². The quantitative estimate of drug-likeness (QED) is 0.791. The molecule has 1 atom stereocenters. The minimum absolute atomic E-state index is 0.108. The first-order valence-electron chi connectivity index (χ1n) is 4.12. The molecule has 4 N–H and O–H groups in total. The van der Waals surface area contributed by atoms with Crippen LogP contribution in [0.15, 0.2) is 22.7 Å². The molecule has 0 unspecified atom stereocenters. The second-order valence-corrected chi connectivity index (χ2v) is 3.93. The van der Waals surface area contributed by atoms with Crippen LogP contribution in [0.4, 0.5) is 8.78 Å². The molecule has 84 valence electrons. The van der Waals surface area contributed by atoms with E-state index in [0.29, 0.717) is 0 Å². The second kappa shape index (κ2) is 4.42. The molecule has 1 rings (SSSR count). The Hall–Kier alpha value is -0.720. The van der Waals surface area contributed by atoms with Crippen LogP contribution in [-0.4, -0.2) is 22.7 Å². The first kappa shape index (κ1) is 12.4. The average molecular weight is 282 g/mol. The summed E-state index contributed by atoms with van der Waals surface area (Å²) in [6, 6.07) is 2.53. The molecule has 0 saturated carbocycles. The zero-order valence-corrected chi connectivity index (χ0v) is 9.21. The average Bonchev–Trinajstić information content (AvgIpc) is 2.21. The summed E-state index contributed by atoms with van der Waals surface area (Å²) in [7, 11) is 0. The number of halogens is 3. The van der Waals surface area contributed by atoms with Crippen LogP contribution < -0.4 is 5.73 Å². The van der Waals surface area contributed by atoms with Crippen molar-refractivity contribution >= 4 is 15.9 Å². The number of nitrogens with two attached hydrogens (primary N) is 1. The molecule has 0 aliphatic rings. The van der Waals surface area contributed by atoms with Crippen LogP contribution in [0.5, 0.6) is 5.75 Å². The molecule has 3 nitrogen and oxygen atoms in total. The fraction of sp³-hybridized carbons (Fsp3) is 0.333. The van der Waals surface area contributed by atoms with Gasteiger partial charge in [-0.25, -0.2) is 8.78 Å². The molecule has 0 amide bonds. The Labute approximate surface area is 93.7 Å². The van der Waals surface area contributed by atoms with Gasteiger partial charge in [0.2, 0.25) is 0 Å². The lowest BCUT2D eigenvalue weighted by molar-refractivity contribution is -0.0716. The Morgan fingerprint density at radius 3 is 2.60 bits per heavy atom. The number of para-hydroxylation sites is 1. The summed E-state index contributed by atoms with van der Waals surface area (Å²) in [5.41, 5.74) is 5.15. The zero-order chi connectivity index (χ0) is 11.6. The van der Waals surface area contributed by atoms with Crippen molar-refractivity contribution < 1.29 is 19.0 Å².